The fourth-order valence-electron chi connectivity index (χ4n) is 2.99. The first-order valence-corrected chi connectivity index (χ1v) is 10.7. The molecule has 0 aliphatic carbocycles. The van der Waals surface area contributed by atoms with Crippen LogP contribution < -0.4 is 14.8 Å². The first-order valence-electron chi connectivity index (χ1n) is 8.89. The van der Waals surface area contributed by atoms with Gasteiger partial charge in [0.2, 0.25) is 5.91 Å². The molecule has 1 aliphatic rings. The Balaban J connectivity index is 1.50. The van der Waals surface area contributed by atoms with Crippen molar-refractivity contribution in [3.63, 3.8) is 0 Å². The van der Waals surface area contributed by atoms with Crippen molar-refractivity contribution in [1.29, 1.82) is 0 Å². The van der Waals surface area contributed by atoms with Crippen molar-refractivity contribution in [2.24, 2.45) is 0 Å². The molecule has 1 heterocycles. The molecule has 2 N–H and O–H groups in total. The Bertz CT molecular complexity index is 1180. The maximum Gasteiger partial charge on any atom is 0.261 e. The topological polar surface area (TPSA) is 84.5 Å². The molecule has 0 aromatic heterocycles. The summed E-state index contributed by atoms with van der Waals surface area (Å²) in [6.45, 7) is 0. The number of fused-ring (bicyclic) bond motifs is 1. The van der Waals surface area contributed by atoms with Crippen LogP contribution in [0.3, 0.4) is 0 Å². The molecule has 8 heteroatoms. The lowest BCUT2D eigenvalue weighted by Gasteiger charge is -2.18. The van der Waals surface area contributed by atoms with Gasteiger partial charge in [-0.25, -0.2) is 8.42 Å². The number of carbonyl (C=O) groups excluding carboxylic acids is 1. The molecule has 148 valence electrons. The van der Waals surface area contributed by atoms with E-state index in [-0.39, 0.29) is 10.8 Å². The van der Waals surface area contributed by atoms with Gasteiger partial charge in [-0.3, -0.25) is 9.52 Å². The molecule has 0 atom stereocenters. The summed E-state index contributed by atoms with van der Waals surface area (Å²) in [6.07, 6.45) is 0.857. The van der Waals surface area contributed by atoms with Gasteiger partial charge in [-0.1, -0.05) is 23.7 Å². The molecule has 3 aromatic carbocycles. The number of anilines is 2. The van der Waals surface area contributed by atoms with E-state index in [1.165, 1.54) is 6.07 Å². The van der Waals surface area contributed by atoms with Gasteiger partial charge in [0, 0.05) is 17.8 Å². The first kappa shape index (κ1) is 19.3. The minimum absolute atomic E-state index is 0.0645. The van der Waals surface area contributed by atoms with Gasteiger partial charge in [-0.15, -0.1) is 0 Å². The van der Waals surface area contributed by atoms with Crippen LogP contribution in [0.1, 0.15) is 12.0 Å². The molecule has 0 saturated carbocycles. The van der Waals surface area contributed by atoms with Crippen LogP contribution >= 0.6 is 11.6 Å². The zero-order valence-electron chi connectivity index (χ0n) is 15.2. The number of hydrogen-bond acceptors (Lipinski definition) is 4. The van der Waals surface area contributed by atoms with Gasteiger partial charge < -0.3 is 10.1 Å². The molecule has 4 rings (SSSR count). The first-order chi connectivity index (χ1) is 13.9. The van der Waals surface area contributed by atoms with Crippen molar-refractivity contribution < 1.29 is 17.9 Å². The largest absolute Gasteiger partial charge is 0.456 e. The van der Waals surface area contributed by atoms with Crippen molar-refractivity contribution in [2.45, 2.75) is 17.7 Å². The summed E-state index contributed by atoms with van der Waals surface area (Å²) in [4.78, 5) is 11.6. The van der Waals surface area contributed by atoms with E-state index < -0.39 is 10.0 Å². The van der Waals surface area contributed by atoms with Crippen LogP contribution in [0, 0.1) is 0 Å². The smallest absolute Gasteiger partial charge is 0.261 e. The van der Waals surface area contributed by atoms with E-state index in [1.54, 1.807) is 48.5 Å². The monoisotopic (exact) mass is 428 g/mol. The number of carbonyl (C=O) groups is 1. The predicted molar refractivity (Wildman–Crippen MR) is 112 cm³/mol. The maximum absolute atomic E-state index is 12.7. The summed E-state index contributed by atoms with van der Waals surface area (Å²) in [5, 5.41) is 3.23. The number of sulfonamides is 1. The number of para-hydroxylation sites is 1. The van der Waals surface area contributed by atoms with Gasteiger partial charge in [0.25, 0.3) is 10.0 Å². The molecule has 0 spiro atoms. The van der Waals surface area contributed by atoms with Crippen molar-refractivity contribution in [3.8, 4) is 11.5 Å². The summed E-state index contributed by atoms with van der Waals surface area (Å²) < 4.78 is 33.7. The summed E-state index contributed by atoms with van der Waals surface area (Å²) >= 11 is 6.08. The average Bonchev–Trinajstić information content (AvgIpc) is 2.70. The number of aryl methyl sites for hydroxylation is 1. The third-order valence-corrected chi connectivity index (χ3v) is 6.14. The minimum Gasteiger partial charge on any atom is -0.456 e. The molecule has 0 unspecified atom stereocenters. The minimum atomic E-state index is -3.76. The van der Waals surface area contributed by atoms with Crippen LogP contribution in [0.4, 0.5) is 11.4 Å². The van der Waals surface area contributed by atoms with Crippen LogP contribution in [0.2, 0.25) is 5.02 Å². The molecule has 6 nitrogen and oxygen atoms in total. The van der Waals surface area contributed by atoms with E-state index in [4.69, 9.17) is 16.3 Å². The van der Waals surface area contributed by atoms with Crippen molar-refractivity contribution >= 4 is 38.9 Å². The Morgan fingerprint density at radius 2 is 1.72 bits per heavy atom. The summed E-state index contributed by atoms with van der Waals surface area (Å²) in [7, 11) is -3.76. The molecule has 1 amide bonds. The fraction of sp³-hybridized carbons (Fsp3) is 0.0952. The van der Waals surface area contributed by atoms with Crippen molar-refractivity contribution in [3.05, 3.63) is 77.3 Å². The summed E-state index contributed by atoms with van der Waals surface area (Å²) in [5.74, 6) is 0.986. The molecule has 3 aromatic rings. The Morgan fingerprint density at radius 3 is 2.48 bits per heavy atom. The maximum atomic E-state index is 12.7. The highest BCUT2D eigenvalue weighted by Crippen LogP contribution is 2.30. The zero-order chi connectivity index (χ0) is 20.4. The van der Waals surface area contributed by atoms with Gasteiger partial charge in [-0.2, -0.15) is 0 Å². The van der Waals surface area contributed by atoms with Gasteiger partial charge in [-0.05, 0) is 66.6 Å². The summed E-state index contributed by atoms with van der Waals surface area (Å²) in [5.41, 5.74) is 1.86. The number of hydrogen-bond donors (Lipinski definition) is 2. The second-order valence-electron chi connectivity index (χ2n) is 6.53. The quantitative estimate of drug-likeness (QED) is 0.610. The highest BCUT2D eigenvalue weighted by molar-refractivity contribution is 7.92. The zero-order valence-corrected chi connectivity index (χ0v) is 16.8. The van der Waals surface area contributed by atoms with E-state index in [9.17, 15) is 13.2 Å². The Kier molecular flexibility index (Phi) is 5.17. The second kappa shape index (κ2) is 7.77. The number of nitrogens with one attached hydrogen (secondary N) is 2. The molecule has 1 aliphatic heterocycles. The van der Waals surface area contributed by atoms with E-state index in [0.717, 1.165) is 5.56 Å². The van der Waals surface area contributed by atoms with Gasteiger partial charge in [0.1, 0.15) is 11.5 Å². The third-order valence-electron chi connectivity index (χ3n) is 4.45. The lowest BCUT2D eigenvalue weighted by Crippen LogP contribution is -2.20. The van der Waals surface area contributed by atoms with Crippen LogP contribution in [-0.4, -0.2) is 14.3 Å². The average molecular weight is 429 g/mol. The van der Waals surface area contributed by atoms with E-state index in [0.29, 0.717) is 40.7 Å². The molecule has 29 heavy (non-hydrogen) atoms. The molecule has 0 bridgehead atoms. The molecule has 0 saturated heterocycles. The van der Waals surface area contributed by atoms with Gasteiger partial charge in [0.05, 0.1) is 9.92 Å². The van der Waals surface area contributed by atoms with E-state index >= 15 is 0 Å². The Hall–Kier alpha value is -3.03. The van der Waals surface area contributed by atoms with E-state index in [1.807, 2.05) is 12.1 Å². The second-order valence-corrected chi connectivity index (χ2v) is 8.62. The SMILES string of the molecule is O=C1CCc2cc(S(=O)(=O)Nc3ccc(Oc4ccccc4Cl)cc3)ccc2N1. The summed E-state index contributed by atoms with van der Waals surface area (Å²) in [6, 6.07) is 18.3. The molecule has 0 radical (unpaired) electrons. The fourth-order valence-corrected chi connectivity index (χ4v) is 4.27. The number of benzene rings is 3. The molecular formula is C21H17ClN2O4S. The Labute approximate surface area is 173 Å². The van der Waals surface area contributed by atoms with Gasteiger partial charge in [0.15, 0.2) is 0 Å². The molecular weight excluding hydrogens is 412 g/mol. The van der Waals surface area contributed by atoms with Crippen LogP contribution in [0.5, 0.6) is 11.5 Å². The number of halogens is 1. The number of ether oxygens (including phenoxy) is 1. The van der Waals surface area contributed by atoms with Crippen LogP contribution in [-0.2, 0) is 21.2 Å². The lowest BCUT2D eigenvalue weighted by molar-refractivity contribution is -0.116. The number of rotatable bonds is 5. The molecule has 0 fully saturated rings. The Morgan fingerprint density at radius 1 is 0.966 bits per heavy atom. The highest BCUT2D eigenvalue weighted by Gasteiger charge is 2.20. The van der Waals surface area contributed by atoms with Crippen molar-refractivity contribution in [2.75, 3.05) is 10.0 Å². The highest BCUT2D eigenvalue weighted by atomic mass is 35.5. The third kappa shape index (κ3) is 4.36. The van der Waals surface area contributed by atoms with E-state index in [2.05, 4.69) is 10.0 Å². The standard InChI is InChI=1S/C21H17ClN2O4S/c22-18-3-1-2-4-20(18)28-16-8-6-15(7-9-16)24-29(26,27)17-10-11-19-14(13-17)5-12-21(25)23-19/h1-4,6-11,13,24H,5,12H2,(H,23,25). The predicted octanol–water partition coefficient (Wildman–Crippen LogP) is 4.82. The lowest BCUT2D eigenvalue weighted by atomic mass is 10.0. The van der Waals surface area contributed by atoms with Crippen LogP contribution in [0.15, 0.2) is 71.6 Å². The normalized spacial score (nSPS) is 13.3. The number of amides is 1. The van der Waals surface area contributed by atoms with Crippen LogP contribution in [0.25, 0.3) is 0 Å². The van der Waals surface area contributed by atoms with Crippen molar-refractivity contribution in [1.82, 2.24) is 0 Å². The van der Waals surface area contributed by atoms with Gasteiger partial charge >= 0.3 is 0 Å².